The third kappa shape index (κ3) is 7.89. The number of para-hydroxylation sites is 2. The van der Waals surface area contributed by atoms with Gasteiger partial charge < -0.3 is 4.42 Å². The third-order valence-corrected chi connectivity index (χ3v) is 14.6. The molecule has 0 amide bonds. The summed E-state index contributed by atoms with van der Waals surface area (Å²) in [6, 6.07) is 54.1. The van der Waals surface area contributed by atoms with Gasteiger partial charge in [-0.1, -0.05) is 117 Å². The summed E-state index contributed by atoms with van der Waals surface area (Å²) in [5.74, 6) is 6.95. The number of nitrogens with zero attached hydrogens (tertiary/aromatic N) is 2. The van der Waals surface area contributed by atoms with Crippen molar-refractivity contribution in [2.45, 2.75) is 56.2 Å². The van der Waals surface area contributed by atoms with E-state index in [1.54, 1.807) is 12.1 Å². The van der Waals surface area contributed by atoms with Gasteiger partial charge >= 0.3 is 110 Å². The van der Waals surface area contributed by atoms with Crippen LogP contribution in [-0.4, -0.2) is 24.0 Å². The summed E-state index contributed by atoms with van der Waals surface area (Å²) in [6.45, 7) is 4.73. The van der Waals surface area contributed by atoms with Crippen LogP contribution in [-0.2, 0) is 25.5 Å². The van der Waals surface area contributed by atoms with E-state index in [4.69, 9.17) is 13.5 Å². The topological polar surface area (TPSA) is 38.4 Å². The van der Waals surface area contributed by atoms with Crippen LogP contribution in [0.2, 0.25) is 17.3 Å². The van der Waals surface area contributed by atoms with Gasteiger partial charge in [0.1, 0.15) is 5.58 Å². The Morgan fingerprint density at radius 1 is 0.750 bits per heavy atom. The zero-order valence-corrected chi connectivity index (χ0v) is 37.1. The zero-order valence-electron chi connectivity index (χ0n) is 35.6. The van der Waals surface area contributed by atoms with Crippen LogP contribution in [0.5, 0.6) is 0 Å². The smallest absolute Gasteiger partial charge is 0 e. The Bertz CT molecular complexity index is 2720. The molecule has 3 nitrogen and oxygen atoms in total. The van der Waals surface area contributed by atoms with Crippen LogP contribution < -0.4 is 4.40 Å². The average Bonchev–Trinajstić information content (AvgIpc) is 3.79. The van der Waals surface area contributed by atoms with Crippen molar-refractivity contribution in [3.8, 4) is 22.4 Å². The molecule has 0 spiro atoms. The van der Waals surface area contributed by atoms with E-state index in [2.05, 4.69) is 152 Å². The number of furan rings is 1. The summed E-state index contributed by atoms with van der Waals surface area (Å²) in [4.78, 5) is 9.71. The largest absolute Gasteiger partial charge is 0 e. The van der Waals surface area contributed by atoms with E-state index in [0.29, 0.717) is 5.56 Å². The minimum absolute atomic E-state index is 0. The molecule has 1 aliphatic rings. The fourth-order valence-corrected chi connectivity index (χ4v) is 9.47. The summed E-state index contributed by atoms with van der Waals surface area (Å²) < 4.78 is 29.8. The van der Waals surface area contributed by atoms with Gasteiger partial charge in [0.15, 0.2) is 0 Å². The summed E-state index contributed by atoms with van der Waals surface area (Å²) in [5.41, 5.74) is 12.9. The number of hydrogen-bond donors (Lipinski definition) is 0. The molecule has 1 aliphatic heterocycles. The summed E-state index contributed by atoms with van der Waals surface area (Å²) >= 11 is -1.83. The van der Waals surface area contributed by atoms with E-state index in [0.717, 1.165) is 50.2 Å². The van der Waals surface area contributed by atoms with Gasteiger partial charge in [0.05, 0.1) is 11.3 Å². The van der Waals surface area contributed by atoms with Crippen molar-refractivity contribution in [2.24, 2.45) is 4.99 Å². The van der Waals surface area contributed by atoms with Crippen molar-refractivity contribution in [3.05, 3.63) is 186 Å². The van der Waals surface area contributed by atoms with Gasteiger partial charge in [0, 0.05) is 31.4 Å². The molecule has 0 saturated carbocycles. The molecule has 9 rings (SSSR count). The number of benzene rings is 6. The van der Waals surface area contributed by atoms with Gasteiger partial charge in [0.25, 0.3) is 0 Å². The second-order valence-electron chi connectivity index (χ2n) is 16.3. The molecule has 1 radical (unpaired) electrons. The fourth-order valence-electron chi connectivity index (χ4n) is 7.29. The Labute approximate surface area is 351 Å². The standard InChI is InChI=1S/C36H28NO.C15H18GeN.Ir/c1-36(2,3)24-20-21-26(30(22-24)23-12-5-4-6-13-23)33-28-15-7-9-18-31(28)37-34(33)29-17-11-16-27-25-14-8-10-19-32(25)38-35(27)29;1-12-5-7-13(8-6-12)15-10-9-14(11-17-15)16(2,3)4;/h4-16,18-22,33H,1-3H3;5-7,9-11H,1-4H3;/q2*-1;/i;1D3;. The van der Waals surface area contributed by atoms with Crippen molar-refractivity contribution in [2.75, 3.05) is 0 Å². The normalized spacial score (nSPS) is 14.8. The molecule has 0 fully saturated rings. The van der Waals surface area contributed by atoms with E-state index in [1.165, 1.54) is 38.3 Å². The molecular formula is C51H46GeIrN2O-2. The molecule has 0 aliphatic carbocycles. The molecule has 3 heterocycles. The Balaban J connectivity index is 0.000000214. The van der Waals surface area contributed by atoms with E-state index in [1.807, 2.05) is 30.5 Å². The second kappa shape index (κ2) is 15.9. The number of aromatic nitrogens is 1. The van der Waals surface area contributed by atoms with E-state index < -0.39 is 20.1 Å². The molecule has 1 atom stereocenters. The van der Waals surface area contributed by atoms with Gasteiger partial charge in [-0.05, 0) is 51.1 Å². The number of fused-ring (bicyclic) bond motifs is 4. The minimum Gasteiger partial charge on any atom is 0 e. The predicted octanol–water partition coefficient (Wildman–Crippen LogP) is 13.0. The van der Waals surface area contributed by atoms with Crippen molar-refractivity contribution in [3.63, 3.8) is 0 Å². The van der Waals surface area contributed by atoms with Crippen LogP contribution in [0.1, 0.15) is 58.6 Å². The summed E-state index contributed by atoms with van der Waals surface area (Å²) in [6.07, 6.45) is 1.95. The Hall–Kier alpha value is -4.87. The van der Waals surface area contributed by atoms with Crippen LogP contribution in [0, 0.1) is 19.0 Å². The van der Waals surface area contributed by atoms with E-state index in [-0.39, 0.29) is 31.4 Å². The maximum Gasteiger partial charge on any atom is 0 e. The van der Waals surface area contributed by atoms with E-state index in [9.17, 15) is 0 Å². The summed E-state index contributed by atoms with van der Waals surface area (Å²) in [7, 11) is 0. The molecule has 8 aromatic rings. The number of pyridine rings is 1. The van der Waals surface area contributed by atoms with Crippen LogP contribution in [0.25, 0.3) is 44.3 Å². The first-order chi connectivity index (χ1) is 27.7. The first-order valence-electron chi connectivity index (χ1n) is 20.4. The van der Waals surface area contributed by atoms with Gasteiger partial charge in [-0.25, -0.2) is 0 Å². The molecule has 0 saturated heterocycles. The molecule has 56 heavy (non-hydrogen) atoms. The first kappa shape index (κ1) is 35.5. The van der Waals surface area contributed by atoms with Crippen LogP contribution in [0.4, 0.5) is 5.69 Å². The average molecular weight is 971 g/mol. The number of aryl methyl sites for hydroxylation is 1. The maximum absolute atomic E-state index is 7.35. The molecule has 0 N–H and O–H groups in total. The number of aliphatic imine (C=N–C) groups is 1. The van der Waals surface area contributed by atoms with Crippen molar-refractivity contribution < 1.29 is 28.6 Å². The second-order valence-corrected chi connectivity index (χ2v) is 26.9. The SMILES string of the molecule is CC(C)(C)c1ccc(C2C(c3[c-]ccc4c3oc3ccccc34)=Nc3ccccc32)c(-c2ccccc2)c1.[2H]C([2H])([2H])c1c[c-]c(-c2cc[c]([Ge]([CH3])([CH3])[CH3])cn2)cc1.[Ir]. The molecular weight excluding hydrogens is 921 g/mol. The molecule has 2 aromatic heterocycles. The van der Waals surface area contributed by atoms with Crippen molar-refractivity contribution in [1.29, 1.82) is 0 Å². The van der Waals surface area contributed by atoms with Crippen molar-refractivity contribution >= 4 is 51.0 Å². The quantitative estimate of drug-likeness (QED) is 0.127. The maximum atomic E-state index is 7.35. The Morgan fingerprint density at radius 3 is 2.23 bits per heavy atom. The minimum atomic E-state index is -2.08. The molecule has 1 unspecified atom stereocenters. The van der Waals surface area contributed by atoms with Gasteiger partial charge in [0.2, 0.25) is 0 Å². The Morgan fingerprint density at radius 2 is 1.52 bits per heavy atom. The predicted molar refractivity (Wildman–Crippen MR) is 234 cm³/mol. The number of rotatable bonds is 5. The monoisotopic (exact) mass is 972 g/mol. The summed E-state index contributed by atoms with van der Waals surface area (Å²) in [5, 5.41) is 2.21. The van der Waals surface area contributed by atoms with Gasteiger partial charge in [-0.3, -0.25) is 4.99 Å². The van der Waals surface area contributed by atoms with Gasteiger partial charge in [-0.15, -0.1) is 18.2 Å². The Kier molecular flexibility index (Phi) is 10.1. The van der Waals surface area contributed by atoms with Gasteiger partial charge in [-0.2, -0.15) is 0 Å². The molecule has 5 heteroatoms. The zero-order chi connectivity index (χ0) is 40.8. The van der Waals surface area contributed by atoms with Crippen LogP contribution >= 0.6 is 0 Å². The van der Waals surface area contributed by atoms with E-state index >= 15 is 0 Å². The first-order valence-corrected chi connectivity index (χ1v) is 26.2. The van der Waals surface area contributed by atoms with Crippen molar-refractivity contribution in [1.82, 2.24) is 4.98 Å². The fraction of sp³-hybridized carbons (Fsp3) is 0.176. The third-order valence-electron chi connectivity index (χ3n) is 10.4. The van der Waals surface area contributed by atoms with Crippen LogP contribution in [0.3, 0.4) is 0 Å². The molecule has 281 valence electrons. The molecule has 6 aromatic carbocycles. The molecule has 0 bridgehead atoms. The van der Waals surface area contributed by atoms with Crippen LogP contribution in [0.15, 0.2) is 155 Å². The number of hydrogen-bond acceptors (Lipinski definition) is 3.